The smallest absolute Gasteiger partial charge is 0.354 e. The Kier molecular flexibility index (Phi) is 3.41. The summed E-state index contributed by atoms with van der Waals surface area (Å²) in [5, 5.41) is 11.0. The number of amides is 1. The van der Waals surface area contributed by atoms with Crippen LogP contribution >= 0.6 is 0 Å². The Morgan fingerprint density at radius 2 is 2.13 bits per heavy atom. The molecule has 0 fully saturated rings. The van der Waals surface area contributed by atoms with Gasteiger partial charge in [0.1, 0.15) is 11.4 Å². The molecule has 1 amide bonds. The SMILES string of the molecule is C#CCNC(=O)c1cccc(C(=O)O)n1. The van der Waals surface area contributed by atoms with Crippen LogP contribution < -0.4 is 5.32 Å². The Hall–Kier alpha value is -2.35. The summed E-state index contributed by atoms with van der Waals surface area (Å²) in [6, 6.07) is 4.17. The van der Waals surface area contributed by atoms with Crippen molar-refractivity contribution in [2.75, 3.05) is 6.54 Å². The molecule has 0 unspecified atom stereocenters. The normalized spacial score (nSPS) is 9.00. The van der Waals surface area contributed by atoms with Gasteiger partial charge in [-0.3, -0.25) is 4.79 Å². The molecule has 1 rings (SSSR count). The second-order valence-electron chi connectivity index (χ2n) is 2.60. The number of nitrogens with zero attached hydrogens (tertiary/aromatic N) is 1. The van der Waals surface area contributed by atoms with Crippen molar-refractivity contribution < 1.29 is 14.7 Å². The molecule has 5 heteroatoms. The molecule has 0 bridgehead atoms. The number of rotatable bonds is 3. The Labute approximate surface area is 86.1 Å². The highest BCUT2D eigenvalue weighted by Crippen LogP contribution is 1.99. The van der Waals surface area contributed by atoms with E-state index in [0.29, 0.717) is 0 Å². The fourth-order valence-corrected chi connectivity index (χ4v) is 0.902. The molecule has 1 aromatic rings. The van der Waals surface area contributed by atoms with Crippen molar-refractivity contribution in [3.05, 3.63) is 29.6 Å². The quantitative estimate of drug-likeness (QED) is 0.686. The molecule has 2 N–H and O–H groups in total. The highest BCUT2D eigenvalue weighted by Gasteiger charge is 2.09. The molecular formula is C10H8N2O3. The summed E-state index contributed by atoms with van der Waals surface area (Å²) in [5.41, 5.74) is -0.145. The molecular weight excluding hydrogens is 196 g/mol. The van der Waals surface area contributed by atoms with E-state index in [-0.39, 0.29) is 17.9 Å². The Bertz CT molecular complexity index is 435. The number of aromatic carboxylic acids is 1. The maximum absolute atomic E-state index is 11.3. The van der Waals surface area contributed by atoms with E-state index in [0.717, 1.165) is 0 Å². The molecule has 0 atom stereocenters. The Morgan fingerprint density at radius 1 is 1.47 bits per heavy atom. The lowest BCUT2D eigenvalue weighted by Gasteiger charge is -2.01. The van der Waals surface area contributed by atoms with Crippen molar-refractivity contribution in [2.24, 2.45) is 0 Å². The molecule has 5 nitrogen and oxygen atoms in total. The van der Waals surface area contributed by atoms with E-state index in [2.05, 4.69) is 16.2 Å². The lowest BCUT2D eigenvalue weighted by atomic mass is 10.3. The van der Waals surface area contributed by atoms with Gasteiger partial charge in [0.25, 0.3) is 5.91 Å². The minimum atomic E-state index is -1.18. The van der Waals surface area contributed by atoms with Crippen LogP contribution in [0.3, 0.4) is 0 Å². The molecule has 76 valence electrons. The molecule has 0 aliphatic carbocycles. The molecule has 1 heterocycles. The Balaban J connectivity index is 2.86. The van der Waals surface area contributed by atoms with Crippen molar-refractivity contribution in [3.8, 4) is 12.3 Å². The summed E-state index contributed by atoms with van der Waals surface area (Å²) in [6.45, 7) is 0.0812. The third-order valence-corrected chi connectivity index (χ3v) is 1.55. The second kappa shape index (κ2) is 4.77. The molecule has 0 aliphatic rings. The first-order valence-electron chi connectivity index (χ1n) is 4.07. The molecule has 0 aliphatic heterocycles. The maximum Gasteiger partial charge on any atom is 0.354 e. The van der Waals surface area contributed by atoms with Gasteiger partial charge in [0.15, 0.2) is 0 Å². The van der Waals surface area contributed by atoms with E-state index in [1.165, 1.54) is 18.2 Å². The van der Waals surface area contributed by atoms with Gasteiger partial charge in [-0.25, -0.2) is 9.78 Å². The average Bonchev–Trinajstić information content (AvgIpc) is 2.26. The number of carboxylic acids is 1. The predicted octanol–water partition coefficient (Wildman–Crippen LogP) is 0.143. The van der Waals surface area contributed by atoms with Crippen LogP contribution in [0.25, 0.3) is 0 Å². The van der Waals surface area contributed by atoms with Gasteiger partial charge in [-0.2, -0.15) is 0 Å². The predicted molar refractivity (Wildman–Crippen MR) is 52.4 cm³/mol. The van der Waals surface area contributed by atoms with Crippen LogP contribution in [0.5, 0.6) is 0 Å². The minimum absolute atomic E-state index is 0.0325. The van der Waals surface area contributed by atoms with Crippen LogP contribution in [0.2, 0.25) is 0 Å². The maximum atomic E-state index is 11.3. The second-order valence-corrected chi connectivity index (χ2v) is 2.60. The highest BCUT2D eigenvalue weighted by molar-refractivity contribution is 5.94. The van der Waals surface area contributed by atoms with Crippen molar-refractivity contribution >= 4 is 11.9 Å². The third kappa shape index (κ3) is 2.81. The fraction of sp³-hybridized carbons (Fsp3) is 0.100. The molecule has 0 spiro atoms. The Morgan fingerprint density at radius 3 is 2.73 bits per heavy atom. The summed E-state index contributed by atoms with van der Waals surface area (Å²) in [7, 11) is 0. The molecule has 0 radical (unpaired) electrons. The topological polar surface area (TPSA) is 79.3 Å². The van der Waals surface area contributed by atoms with Gasteiger partial charge < -0.3 is 10.4 Å². The zero-order valence-electron chi connectivity index (χ0n) is 7.73. The number of aromatic nitrogens is 1. The third-order valence-electron chi connectivity index (χ3n) is 1.55. The number of carboxylic acid groups (broad SMARTS) is 1. The van der Waals surface area contributed by atoms with E-state index in [4.69, 9.17) is 11.5 Å². The highest BCUT2D eigenvalue weighted by atomic mass is 16.4. The number of hydrogen-bond donors (Lipinski definition) is 2. The van der Waals surface area contributed by atoms with Crippen molar-refractivity contribution in [1.29, 1.82) is 0 Å². The van der Waals surface area contributed by atoms with Crippen molar-refractivity contribution in [2.45, 2.75) is 0 Å². The first kappa shape index (κ1) is 10.7. The van der Waals surface area contributed by atoms with E-state index in [9.17, 15) is 9.59 Å². The zero-order chi connectivity index (χ0) is 11.3. The summed E-state index contributed by atoms with van der Waals surface area (Å²) in [4.78, 5) is 25.5. The van der Waals surface area contributed by atoms with E-state index in [1.807, 2.05) is 0 Å². The average molecular weight is 204 g/mol. The van der Waals surface area contributed by atoms with Gasteiger partial charge in [0.2, 0.25) is 0 Å². The van der Waals surface area contributed by atoms with Crippen molar-refractivity contribution in [1.82, 2.24) is 10.3 Å². The lowest BCUT2D eigenvalue weighted by molar-refractivity contribution is 0.0690. The largest absolute Gasteiger partial charge is 0.477 e. The molecule has 1 aromatic heterocycles. The van der Waals surface area contributed by atoms with Gasteiger partial charge in [-0.15, -0.1) is 6.42 Å². The summed E-state index contributed by atoms with van der Waals surface area (Å²) < 4.78 is 0. The van der Waals surface area contributed by atoms with Crippen LogP contribution in [-0.4, -0.2) is 28.5 Å². The molecule has 0 aromatic carbocycles. The molecule has 0 saturated heterocycles. The zero-order valence-corrected chi connectivity index (χ0v) is 7.73. The van der Waals surface area contributed by atoms with Gasteiger partial charge in [-0.1, -0.05) is 12.0 Å². The minimum Gasteiger partial charge on any atom is -0.477 e. The standard InChI is InChI=1S/C10H8N2O3/c1-2-6-11-9(13)7-4-3-5-8(12-7)10(14)15/h1,3-5H,6H2,(H,11,13)(H,14,15). The number of nitrogens with one attached hydrogen (secondary N) is 1. The number of carbonyl (C=O) groups is 2. The number of pyridine rings is 1. The monoisotopic (exact) mass is 204 g/mol. The van der Waals surface area contributed by atoms with Crippen LogP contribution in [0, 0.1) is 12.3 Å². The van der Waals surface area contributed by atoms with E-state index in [1.54, 1.807) is 0 Å². The molecule has 15 heavy (non-hydrogen) atoms. The summed E-state index contributed by atoms with van der Waals surface area (Å²) in [6.07, 6.45) is 4.95. The van der Waals surface area contributed by atoms with E-state index >= 15 is 0 Å². The van der Waals surface area contributed by atoms with Crippen LogP contribution in [0.1, 0.15) is 21.0 Å². The van der Waals surface area contributed by atoms with Gasteiger partial charge >= 0.3 is 5.97 Å². The van der Waals surface area contributed by atoms with Crippen LogP contribution in [0.4, 0.5) is 0 Å². The fourth-order valence-electron chi connectivity index (χ4n) is 0.902. The van der Waals surface area contributed by atoms with Crippen LogP contribution in [-0.2, 0) is 0 Å². The first-order valence-corrected chi connectivity index (χ1v) is 4.07. The number of terminal acetylenes is 1. The summed E-state index contributed by atoms with van der Waals surface area (Å²) >= 11 is 0. The van der Waals surface area contributed by atoms with E-state index < -0.39 is 11.9 Å². The molecule has 0 saturated carbocycles. The van der Waals surface area contributed by atoms with Crippen molar-refractivity contribution in [3.63, 3.8) is 0 Å². The van der Waals surface area contributed by atoms with Gasteiger partial charge in [0, 0.05) is 0 Å². The number of carbonyl (C=O) groups excluding carboxylic acids is 1. The van der Waals surface area contributed by atoms with Gasteiger partial charge in [-0.05, 0) is 12.1 Å². The first-order chi connectivity index (χ1) is 7.15. The van der Waals surface area contributed by atoms with Gasteiger partial charge in [0.05, 0.1) is 6.54 Å². The number of hydrogen-bond acceptors (Lipinski definition) is 3. The summed E-state index contributed by atoms with van der Waals surface area (Å²) in [5.74, 6) is 0.561. The van der Waals surface area contributed by atoms with Crippen LogP contribution in [0.15, 0.2) is 18.2 Å². The lowest BCUT2D eigenvalue weighted by Crippen LogP contribution is -2.25.